The minimum absolute atomic E-state index is 0.113. The number of likely N-dealkylation sites (tertiary alicyclic amines) is 1. The second kappa shape index (κ2) is 13.0. The predicted octanol–water partition coefficient (Wildman–Crippen LogP) is 2.85. The molecule has 0 amide bonds. The Morgan fingerprint density at radius 3 is 2.15 bits per heavy atom. The fraction of sp³-hybridized carbons (Fsp3) is 0.571. The van der Waals surface area contributed by atoms with Gasteiger partial charge in [-0.2, -0.15) is 31.4 Å². The number of nitrogens with zero attached hydrogens (tertiary/aromatic N) is 5. The summed E-state index contributed by atoms with van der Waals surface area (Å²) in [6, 6.07) is 0.156. The number of alkyl halides is 6. The zero-order chi connectivity index (χ0) is 29.4. The van der Waals surface area contributed by atoms with Crippen LogP contribution in [0.25, 0.3) is 0 Å². The minimum atomic E-state index is -5.08. The highest BCUT2D eigenvalue weighted by molar-refractivity contribution is 5.73. The molecule has 2 unspecified atom stereocenters. The Morgan fingerprint density at radius 2 is 1.67 bits per heavy atom. The van der Waals surface area contributed by atoms with Crippen molar-refractivity contribution in [3.63, 3.8) is 0 Å². The first-order valence-corrected chi connectivity index (χ1v) is 11.2. The second-order valence-electron chi connectivity index (χ2n) is 8.71. The van der Waals surface area contributed by atoms with Crippen LogP contribution in [-0.4, -0.2) is 90.5 Å². The third kappa shape index (κ3) is 10.6. The first-order chi connectivity index (χ1) is 18.0. The summed E-state index contributed by atoms with van der Waals surface area (Å²) >= 11 is 0. The molecule has 4 heterocycles. The van der Waals surface area contributed by atoms with E-state index in [4.69, 9.17) is 24.5 Å². The highest BCUT2D eigenvalue weighted by Gasteiger charge is 2.43. The smallest absolute Gasteiger partial charge is 0.475 e. The molecule has 1 spiro atoms. The van der Waals surface area contributed by atoms with Crippen molar-refractivity contribution in [3.05, 3.63) is 36.2 Å². The van der Waals surface area contributed by atoms with Gasteiger partial charge in [0.15, 0.2) is 5.82 Å². The lowest BCUT2D eigenvalue weighted by Gasteiger charge is -2.39. The lowest BCUT2D eigenvalue weighted by atomic mass is 9.88. The molecule has 2 atom stereocenters. The van der Waals surface area contributed by atoms with Crippen LogP contribution in [0.2, 0.25) is 0 Å². The third-order valence-electron chi connectivity index (χ3n) is 5.43. The van der Waals surface area contributed by atoms with Crippen molar-refractivity contribution in [2.75, 3.05) is 25.0 Å². The molecule has 2 saturated heterocycles. The van der Waals surface area contributed by atoms with Crippen molar-refractivity contribution < 1.29 is 55.3 Å². The molecule has 2 fully saturated rings. The van der Waals surface area contributed by atoms with Gasteiger partial charge in [0, 0.05) is 38.3 Å². The van der Waals surface area contributed by atoms with Crippen LogP contribution in [0.3, 0.4) is 0 Å². The number of halogens is 7. The van der Waals surface area contributed by atoms with Gasteiger partial charge in [0.2, 0.25) is 5.95 Å². The lowest BCUT2D eigenvalue weighted by Crippen LogP contribution is -2.47. The number of piperidine rings is 1. The monoisotopic (exact) mass is 574 g/mol. The molecule has 4 rings (SSSR count). The number of nitrogens with one attached hydrogen (secondary N) is 1. The molecule has 0 radical (unpaired) electrons. The van der Waals surface area contributed by atoms with E-state index in [9.17, 15) is 30.7 Å². The molecule has 2 aromatic rings. The van der Waals surface area contributed by atoms with E-state index < -0.39 is 30.1 Å². The van der Waals surface area contributed by atoms with Gasteiger partial charge in [-0.3, -0.25) is 9.58 Å². The number of anilines is 1. The summed E-state index contributed by atoms with van der Waals surface area (Å²) in [7, 11) is 1.94. The van der Waals surface area contributed by atoms with Gasteiger partial charge >= 0.3 is 24.3 Å². The fourth-order valence-electron chi connectivity index (χ4n) is 3.93. The van der Waals surface area contributed by atoms with Crippen LogP contribution < -0.4 is 5.32 Å². The van der Waals surface area contributed by atoms with Gasteiger partial charge in [-0.05, 0) is 19.4 Å². The number of aromatic nitrogens is 4. The van der Waals surface area contributed by atoms with Gasteiger partial charge in [0.05, 0.1) is 36.8 Å². The molecule has 18 heteroatoms. The summed E-state index contributed by atoms with van der Waals surface area (Å²) in [6.07, 6.45) is -0.718. The molecule has 0 aromatic carbocycles. The highest BCUT2D eigenvalue weighted by atomic mass is 19.4. The van der Waals surface area contributed by atoms with Crippen LogP contribution >= 0.6 is 0 Å². The maximum atomic E-state index is 12.9. The summed E-state index contributed by atoms with van der Waals surface area (Å²) in [5.74, 6) is -5.49. The van der Waals surface area contributed by atoms with E-state index in [0.29, 0.717) is 12.6 Å². The number of carboxylic acid groups (broad SMARTS) is 2. The van der Waals surface area contributed by atoms with E-state index in [1.165, 1.54) is 18.0 Å². The van der Waals surface area contributed by atoms with Crippen molar-refractivity contribution >= 4 is 17.9 Å². The van der Waals surface area contributed by atoms with Crippen molar-refractivity contribution in [2.45, 2.75) is 49.8 Å². The second-order valence-corrected chi connectivity index (χ2v) is 8.71. The quantitative estimate of drug-likeness (QED) is 0.467. The van der Waals surface area contributed by atoms with E-state index >= 15 is 0 Å². The summed E-state index contributed by atoms with van der Waals surface area (Å²) < 4.78 is 84.4. The van der Waals surface area contributed by atoms with Crippen LogP contribution in [0, 0.1) is 5.82 Å². The number of ether oxygens (including phenoxy) is 1. The number of aryl methyl sites for hydroxylation is 1. The molecule has 39 heavy (non-hydrogen) atoms. The molecule has 3 N–H and O–H groups in total. The number of carboxylic acids is 2. The van der Waals surface area contributed by atoms with Crippen molar-refractivity contribution in [1.82, 2.24) is 24.6 Å². The summed E-state index contributed by atoms with van der Waals surface area (Å²) in [5.41, 5.74) is 1.12. The zero-order valence-corrected chi connectivity index (χ0v) is 20.3. The Hall–Kier alpha value is -3.54. The first kappa shape index (κ1) is 31.7. The Bertz CT molecular complexity index is 1070. The van der Waals surface area contributed by atoms with Crippen molar-refractivity contribution in [3.8, 4) is 0 Å². The largest absolute Gasteiger partial charge is 0.490 e. The Morgan fingerprint density at radius 1 is 1.10 bits per heavy atom. The zero-order valence-electron chi connectivity index (χ0n) is 20.3. The molecule has 0 saturated carbocycles. The van der Waals surface area contributed by atoms with Gasteiger partial charge in [-0.15, -0.1) is 0 Å². The van der Waals surface area contributed by atoms with Gasteiger partial charge in [-0.1, -0.05) is 0 Å². The van der Waals surface area contributed by atoms with E-state index in [2.05, 4.69) is 31.5 Å². The Labute approximate surface area is 216 Å². The number of aliphatic carboxylic acids is 2. The molecular weight excluding hydrogens is 549 g/mol. The Kier molecular flexibility index (Phi) is 10.6. The van der Waals surface area contributed by atoms with E-state index in [0.717, 1.165) is 38.9 Å². The summed E-state index contributed by atoms with van der Waals surface area (Å²) in [6.45, 7) is 3.53. The number of rotatable bonds is 4. The highest BCUT2D eigenvalue weighted by Crippen LogP contribution is 2.36. The van der Waals surface area contributed by atoms with Crippen LogP contribution in [0.1, 0.15) is 24.8 Å². The number of hydrogen-bond donors (Lipinski definition) is 3. The molecule has 0 bridgehead atoms. The average Bonchev–Trinajstić information content (AvgIpc) is 3.40. The average molecular weight is 574 g/mol. The standard InChI is InChI=1S/C17H23FN6O.2C2HF3O2/c1-23-9-13(6-21-23)10-24-4-2-3-17(12-24)5-15(11-25-17)22-16-19-7-14(18)8-20-16;2*3-2(4,5)1(6)7/h6-9,15H,2-5,10-12H2,1H3,(H,19,20,22);2*(H,6,7). The predicted molar refractivity (Wildman–Crippen MR) is 118 cm³/mol. The van der Waals surface area contributed by atoms with E-state index in [1.54, 1.807) is 0 Å². The van der Waals surface area contributed by atoms with Gasteiger partial charge in [-0.25, -0.2) is 23.9 Å². The van der Waals surface area contributed by atoms with Crippen LogP contribution in [0.4, 0.5) is 36.7 Å². The van der Waals surface area contributed by atoms with Gasteiger partial charge < -0.3 is 20.3 Å². The Balaban J connectivity index is 0.000000317. The lowest BCUT2D eigenvalue weighted by molar-refractivity contribution is -0.193. The van der Waals surface area contributed by atoms with Crippen LogP contribution in [0.5, 0.6) is 0 Å². The van der Waals surface area contributed by atoms with E-state index in [1.807, 2.05) is 17.9 Å². The van der Waals surface area contributed by atoms with E-state index in [-0.39, 0.29) is 11.6 Å². The topological polar surface area (TPSA) is 143 Å². The SMILES string of the molecule is Cn1cc(CN2CCCC3(CC(Nc4ncc(F)cn4)CO3)C2)cn1.O=C(O)C(F)(F)F.O=C(O)C(F)(F)F. The van der Waals surface area contributed by atoms with Crippen molar-refractivity contribution in [2.24, 2.45) is 7.05 Å². The summed E-state index contributed by atoms with van der Waals surface area (Å²) in [4.78, 5) is 28.2. The van der Waals surface area contributed by atoms with Gasteiger partial charge in [0.1, 0.15) is 0 Å². The minimum Gasteiger partial charge on any atom is -0.475 e. The molecular formula is C21H25F7N6O5. The first-order valence-electron chi connectivity index (χ1n) is 11.2. The number of hydrogen-bond acceptors (Lipinski definition) is 8. The maximum absolute atomic E-state index is 12.9. The molecule has 2 aromatic heterocycles. The van der Waals surface area contributed by atoms with Crippen LogP contribution in [0.15, 0.2) is 24.8 Å². The molecule has 218 valence electrons. The van der Waals surface area contributed by atoms with Gasteiger partial charge in [0.25, 0.3) is 0 Å². The fourth-order valence-corrected chi connectivity index (χ4v) is 3.93. The maximum Gasteiger partial charge on any atom is 0.490 e. The van der Waals surface area contributed by atoms with Crippen molar-refractivity contribution in [1.29, 1.82) is 0 Å². The normalized spacial score (nSPS) is 21.4. The summed E-state index contributed by atoms with van der Waals surface area (Å²) in [5, 5.41) is 21.8. The third-order valence-corrected chi connectivity index (χ3v) is 5.43. The molecule has 11 nitrogen and oxygen atoms in total. The molecule has 2 aliphatic heterocycles. The molecule has 2 aliphatic rings. The molecule has 0 aliphatic carbocycles. The number of carbonyl (C=O) groups is 2. The van der Waals surface area contributed by atoms with Crippen LogP contribution in [-0.2, 0) is 27.9 Å².